The maximum atomic E-state index is 12.3. The molecule has 0 saturated heterocycles. The van der Waals surface area contributed by atoms with E-state index in [2.05, 4.69) is 36.5 Å². The van der Waals surface area contributed by atoms with Crippen LogP contribution in [0.5, 0.6) is 0 Å². The summed E-state index contributed by atoms with van der Waals surface area (Å²) in [6.07, 6.45) is 0. The Morgan fingerprint density at radius 2 is 1.74 bits per heavy atom. The van der Waals surface area contributed by atoms with E-state index in [1.54, 1.807) is 0 Å². The zero-order chi connectivity index (χ0) is 15.9. The zero-order valence-corrected chi connectivity index (χ0v) is 15.0. The summed E-state index contributed by atoms with van der Waals surface area (Å²) in [6.45, 7) is 4.62. The molecular weight excluding hydrogens is 328 g/mol. The number of benzene rings is 2. The molecule has 2 aromatic carbocycles. The summed E-state index contributed by atoms with van der Waals surface area (Å²) < 4.78 is 0. The minimum absolute atomic E-state index is 0. The third kappa shape index (κ3) is 5.57. The van der Waals surface area contributed by atoms with E-state index in [-0.39, 0.29) is 24.4 Å². The second-order valence-electron chi connectivity index (χ2n) is 5.10. The number of carbonyl (C=O) groups excluding carboxylic acids is 1. The Balaban J connectivity index is 0.00000264. The Bertz CT molecular complexity index is 614. The van der Waals surface area contributed by atoms with Crippen LogP contribution in [0.3, 0.4) is 0 Å². The quantitative estimate of drug-likeness (QED) is 0.769. The van der Waals surface area contributed by atoms with E-state index in [1.807, 2.05) is 43.0 Å². The van der Waals surface area contributed by atoms with Crippen molar-refractivity contribution in [3.63, 3.8) is 0 Å². The molecule has 1 unspecified atom stereocenters. The summed E-state index contributed by atoms with van der Waals surface area (Å²) in [4.78, 5) is 13.5. The topological polar surface area (TPSA) is 55.1 Å². The first-order valence-electron chi connectivity index (χ1n) is 7.46. The lowest BCUT2D eigenvalue weighted by Gasteiger charge is -2.15. The first-order valence-corrected chi connectivity index (χ1v) is 8.45. The highest BCUT2D eigenvalue weighted by Crippen LogP contribution is 2.21. The predicted molar refractivity (Wildman–Crippen MR) is 100 cm³/mol. The van der Waals surface area contributed by atoms with Gasteiger partial charge in [0.25, 0.3) is 5.91 Å². The fraction of sp³-hybridized carbons (Fsp3) is 0.278. The van der Waals surface area contributed by atoms with Gasteiger partial charge in [-0.3, -0.25) is 4.79 Å². The molecule has 5 heteroatoms. The van der Waals surface area contributed by atoms with Crippen molar-refractivity contribution in [2.45, 2.75) is 31.3 Å². The highest BCUT2D eigenvalue weighted by molar-refractivity contribution is 7.99. The Labute approximate surface area is 148 Å². The number of rotatable bonds is 6. The Morgan fingerprint density at radius 1 is 1.13 bits per heavy atom. The number of hydrogen-bond donors (Lipinski definition) is 2. The van der Waals surface area contributed by atoms with E-state index in [0.29, 0.717) is 12.1 Å². The van der Waals surface area contributed by atoms with Crippen molar-refractivity contribution < 1.29 is 4.79 Å². The lowest BCUT2D eigenvalue weighted by molar-refractivity contribution is 0.0940. The molecule has 2 aromatic rings. The molecule has 124 valence electrons. The van der Waals surface area contributed by atoms with E-state index < -0.39 is 0 Å². The van der Waals surface area contributed by atoms with Crippen molar-refractivity contribution in [3.8, 4) is 0 Å². The van der Waals surface area contributed by atoms with Crippen molar-refractivity contribution in [1.82, 2.24) is 5.32 Å². The first-order chi connectivity index (χ1) is 10.6. The molecule has 0 aliphatic rings. The SMILES string of the molecule is CCSc1ccc(C(C)NC(=O)c2ccc(CN)cc2)cc1.Cl. The van der Waals surface area contributed by atoms with Gasteiger partial charge in [0.2, 0.25) is 0 Å². The summed E-state index contributed by atoms with van der Waals surface area (Å²) in [5.41, 5.74) is 8.34. The van der Waals surface area contributed by atoms with E-state index in [0.717, 1.165) is 16.9 Å². The predicted octanol–water partition coefficient (Wildman–Crippen LogP) is 4.17. The van der Waals surface area contributed by atoms with Gasteiger partial charge in [-0.2, -0.15) is 0 Å². The van der Waals surface area contributed by atoms with Gasteiger partial charge >= 0.3 is 0 Å². The van der Waals surface area contributed by atoms with Gasteiger partial charge in [0, 0.05) is 17.0 Å². The van der Waals surface area contributed by atoms with Crippen LogP contribution < -0.4 is 11.1 Å². The molecule has 1 atom stereocenters. The number of carbonyl (C=O) groups is 1. The number of amides is 1. The van der Waals surface area contributed by atoms with Crippen LogP contribution in [0.25, 0.3) is 0 Å². The molecule has 0 fully saturated rings. The Kier molecular flexibility index (Phi) is 8.17. The largest absolute Gasteiger partial charge is 0.346 e. The Hall–Kier alpha value is -1.49. The number of halogens is 1. The van der Waals surface area contributed by atoms with Gasteiger partial charge in [-0.25, -0.2) is 0 Å². The first kappa shape index (κ1) is 19.6. The number of hydrogen-bond acceptors (Lipinski definition) is 3. The second kappa shape index (κ2) is 9.60. The maximum Gasteiger partial charge on any atom is 0.251 e. The van der Waals surface area contributed by atoms with Crippen LogP contribution in [-0.4, -0.2) is 11.7 Å². The van der Waals surface area contributed by atoms with Gasteiger partial charge in [0.05, 0.1) is 6.04 Å². The van der Waals surface area contributed by atoms with E-state index in [1.165, 1.54) is 4.90 Å². The fourth-order valence-electron chi connectivity index (χ4n) is 2.17. The van der Waals surface area contributed by atoms with Gasteiger partial charge in [-0.15, -0.1) is 24.2 Å². The van der Waals surface area contributed by atoms with Gasteiger partial charge in [-0.1, -0.05) is 31.2 Å². The van der Waals surface area contributed by atoms with Crippen LogP contribution in [-0.2, 0) is 6.54 Å². The van der Waals surface area contributed by atoms with Gasteiger partial charge in [-0.05, 0) is 48.1 Å². The molecule has 0 aliphatic carbocycles. The zero-order valence-electron chi connectivity index (χ0n) is 13.4. The normalized spacial score (nSPS) is 11.4. The van der Waals surface area contributed by atoms with Crippen LogP contribution in [0.1, 0.15) is 41.4 Å². The molecule has 1 amide bonds. The summed E-state index contributed by atoms with van der Waals surface area (Å²) in [5.74, 6) is 0.993. The van der Waals surface area contributed by atoms with Gasteiger partial charge < -0.3 is 11.1 Å². The average Bonchev–Trinajstić information content (AvgIpc) is 2.55. The Morgan fingerprint density at radius 3 is 2.26 bits per heavy atom. The van der Waals surface area contributed by atoms with Crippen LogP contribution in [0.2, 0.25) is 0 Å². The van der Waals surface area contributed by atoms with Crippen molar-refractivity contribution in [3.05, 3.63) is 65.2 Å². The summed E-state index contributed by atoms with van der Waals surface area (Å²) in [5, 5.41) is 3.02. The van der Waals surface area contributed by atoms with Crippen LogP contribution in [0, 0.1) is 0 Å². The second-order valence-corrected chi connectivity index (χ2v) is 6.44. The smallest absolute Gasteiger partial charge is 0.251 e. The monoisotopic (exact) mass is 350 g/mol. The van der Waals surface area contributed by atoms with Crippen molar-refractivity contribution in [1.29, 1.82) is 0 Å². The fourth-order valence-corrected chi connectivity index (χ4v) is 2.84. The van der Waals surface area contributed by atoms with Crippen LogP contribution in [0.15, 0.2) is 53.4 Å². The molecule has 2 rings (SSSR count). The third-order valence-electron chi connectivity index (χ3n) is 3.49. The molecule has 0 spiro atoms. The maximum absolute atomic E-state index is 12.3. The summed E-state index contributed by atoms with van der Waals surface area (Å²) in [7, 11) is 0. The van der Waals surface area contributed by atoms with Crippen molar-refractivity contribution in [2.75, 3.05) is 5.75 Å². The van der Waals surface area contributed by atoms with Crippen LogP contribution in [0.4, 0.5) is 0 Å². The minimum atomic E-state index is -0.0666. The number of thioether (sulfide) groups is 1. The molecule has 0 saturated carbocycles. The van der Waals surface area contributed by atoms with Gasteiger partial charge in [0.15, 0.2) is 0 Å². The molecular formula is C18H23ClN2OS. The summed E-state index contributed by atoms with van der Waals surface area (Å²) in [6, 6.07) is 15.7. The molecule has 23 heavy (non-hydrogen) atoms. The van der Waals surface area contributed by atoms with E-state index in [9.17, 15) is 4.79 Å². The van der Waals surface area contributed by atoms with E-state index in [4.69, 9.17) is 5.73 Å². The molecule has 0 aromatic heterocycles. The highest BCUT2D eigenvalue weighted by Gasteiger charge is 2.11. The lowest BCUT2D eigenvalue weighted by Crippen LogP contribution is -2.26. The molecule has 3 nitrogen and oxygen atoms in total. The van der Waals surface area contributed by atoms with Crippen LogP contribution >= 0.6 is 24.2 Å². The van der Waals surface area contributed by atoms with E-state index >= 15 is 0 Å². The standard InChI is InChI=1S/C18H22N2OS.ClH/c1-3-22-17-10-8-15(9-11-17)13(2)20-18(21)16-6-4-14(12-19)5-7-16;/h4-11,13H,3,12,19H2,1-2H3,(H,20,21);1H. The lowest BCUT2D eigenvalue weighted by atomic mass is 10.1. The molecule has 3 N–H and O–H groups in total. The van der Waals surface area contributed by atoms with Crippen molar-refractivity contribution >= 4 is 30.1 Å². The number of nitrogens with two attached hydrogens (primary N) is 1. The van der Waals surface area contributed by atoms with Crippen molar-refractivity contribution in [2.24, 2.45) is 5.73 Å². The molecule has 0 aliphatic heterocycles. The third-order valence-corrected chi connectivity index (χ3v) is 4.38. The summed E-state index contributed by atoms with van der Waals surface area (Å²) >= 11 is 1.81. The van der Waals surface area contributed by atoms with Gasteiger partial charge in [0.1, 0.15) is 0 Å². The molecule has 0 heterocycles. The molecule has 0 bridgehead atoms. The number of nitrogens with one attached hydrogen (secondary N) is 1. The average molecular weight is 351 g/mol. The molecule has 0 radical (unpaired) electrons. The minimum Gasteiger partial charge on any atom is -0.346 e. The highest BCUT2D eigenvalue weighted by atomic mass is 35.5.